The summed E-state index contributed by atoms with van der Waals surface area (Å²) in [5.41, 5.74) is 0.628. The van der Waals surface area contributed by atoms with Crippen LogP contribution in [0.15, 0.2) is 9.95 Å². The number of amides is 2. The molecule has 0 radical (unpaired) electrons. The highest BCUT2D eigenvalue weighted by Gasteiger charge is 2.35. The lowest BCUT2D eigenvalue weighted by Crippen LogP contribution is -2.52. The number of hydrogen-bond donors (Lipinski definition) is 2. The minimum atomic E-state index is -0.455. The molecule has 2 rings (SSSR count). The topological polar surface area (TPSA) is 95.2 Å². The molecule has 2 amide bonds. The molecular weight excluding hydrogens is 372 g/mol. The lowest BCUT2D eigenvalue weighted by atomic mass is 10.1. The normalized spacial score (nSPS) is 17.4. The minimum absolute atomic E-state index is 0.114. The first kappa shape index (κ1) is 20.8. The van der Waals surface area contributed by atoms with Gasteiger partial charge in [0.1, 0.15) is 6.04 Å². The zero-order chi connectivity index (χ0) is 19.5. The largest absolute Gasteiger partial charge is 0.350 e. The molecule has 0 aliphatic carbocycles. The highest BCUT2D eigenvalue weighted by molar-refractivity contribution is 7.99. The van der Waals surface area contributed by atoms with Gasteiger partial charge in [-0.25, -0.2) is 4.98 Å². The Morgan fingerprint density at radius 3 is 2.69 bits per heavy atom. The van der Waals surface area contributed by atoms with Crippen molar-refractivity contribution in [2.45, 2.75) is 57.3 Å². The highest BCUT2D eigenvalue weighted by atomic mass is 32.2. The second-order valence-electron chi connectivity index (χ2n) is 7.26. The van der Waals surface area contributed by atoms with Crippen LogP contribution in [0.25, 0.3) is 0 Å². The van der Waals surface area contributed by atoms with Crippen LogP contribution in [0.5, 0.6) is 0 Å². The molecule has 1 aliphatic rings. The Morgan fingerprint density at radius 1 is 1.42 bits per heavy atom. The fraction of sp³-hybridized carbons (Fsp3) is 0.647. The number of aromatic nitrogens is 2. The van der Waals surface area contributed by atoms with E-state index in [2.05, 4.69) is 15.3 Å². The average molecular weight is 399 g/mol. The Balaban J connectivity index is 2.03. The van der Waals surface area contributed by atoms with Gasteiger partial charge in [-0.15, -0.1) is 11.8 Å². The molecule has 1 aromatic heterocycles. The van der Waals surface area contributed by atoms with Crippen LogP contribution in [0.4, 0.5) is 0 Å². The van der Waals surface area contributed by atoms with Gasteiger partial charge in [0.25, 0.3) is 5.56 Å². The number of hydrogen-bond acceptors (Lipinski definition) is 6. The molecule has 7 nitrogen and oxygen atoms in total. The number of carbonyl (C=O) groups is 2. The van der Waals surface area contributed by atoms with Crippen LogP contribution in [-0.4, -0.2) is 56.1 Å². The Hall–Kier alpha value is -1.48. The van der Waals surface area contributed by atoms with Gasteiger partial charge in [0, 0.05) is 29.0 Å². The number of thioether (sulfide) groups is 2. The van der Waals surface area contributed by atoms with Crippen LogP contribution in [-0.2, 0) is 16.0 Å². The summed E-state index contributed by atoms with van der Waals surface area (Å²) in [6.45, 7) is 7.53. The van der Waals surface area contributed by atoms with Crippen LogP contribution in [0.3, 0.4) is 0 Å². The number of aromatic amines is 1. The van der Waals surface area contributed by atoms with Gasteiger partial charge in [-0.3, -0.25) is 14.4 Å². The summed E-state index contributed by atoms with van der Waals surface area (Å²) in [4.78, 5) is 45.9. The SMILES string of the molecule is CSc1nc(C)c(CCC(=O)N2CSCC2C(=O)NC(C)(C)C)c(=O)[nH]1. The first-order valence-electron chi connectivity index (χ1n) is 8.45. The monoisotopic (exact) mass is 398 g/mol. The third kappa shape index (κ3) is 5.26. The maximum absolute atomic E-state index is 12.6. The second kappa shape index (κ2) is 8.47. The molecule has 1 unspecified atom stereocenters. The van der Waals surface area contributed by atoms with Crippen LogP contribution in [0.2, 0.25) is 0 Å². The summed E-state index contributed by atoms with van der Waals surface area (Å²) in [6.07, 6.45) is 2.34. The average Bonchev–Trinajstić information content (AvgIpc) is 3.01. The van der Waals surface area contributed by atoms with Crippen molar-refractivity contribution in [1.82, 2.24) is 20.2 Å². The zero-order valence-electron chi connectivity index (χ0n) is 15.8. The molecule has 1 atom stereocenters. The summed E-state index contributed by atoms with van der Waals surface area (Å²) >= 11 is 2.94. The van der Waals surface area contributed by atoms with E-state index in [1.54, 1.807) is 23.6 Å². The lowest BCUT2D eigenvalue weighted by molar-refractivity contribution is -0.138. The first-order valence-corrected chi connectivity index (χ1v) is 10.8. The summed E-state index contributed by atoms with van der Waals surface area (Å²) in [5, 5.41) is 3.50. The van der Waals surface area contributed by atoms with Gasteiger partial charge in [-0.1, -0.05) is 11.8 Å². The smallest absolute Gasteiger partial charge is 0.254 e. The number of H-pyrrole nitrogens is 1. The predicted molar refractivity (Wildman–Crippen MR) is 106 cm³/mol. The highest BCUT2D eigenvalue weighted by Crippen LogP contribution is 2.23. The van der Waals surface area contributed by atoms with Crippen LogP contribution >= 0.6 is 23.5 Å². The molecule has 26 heavy (non-hydrogen) atoms. The molecule has 0 spiro atoms. The number of nitrogens with one attached hydrogen (secondary N) is 2. The molecule has 1 aliphatic heterocycles. The van der Waals surface area contributed by atoms with Crippen LogP contribution < -0.4 is 10.9 Å². The van der Waals surface area contributed by atoms with E-state index in [1.807, 2.05) is 27.0 Å². The van der Waals surface area contributed by atoms with Gasteiger partial charge in [0.2, 0.25) is 11.8 Å². The lowest BCUT2D eigenvalue weighted by Gasteiger charge is -2.27. The van der Waals surface area contributed by atoms with E-state index < -0.39 is 6.04 Å². The number of rotatable bonds is 5. The van der Waals surface area contributed by atoms with Crippen LogP contribution in [0.1, 0.15) is 38.4 Å². The maximum atomic E-state index is 12.6. The molecule has 2 heterocycles. The van der Waals surface area contributed by atoms with Gasteiger partial charge in [0.15, 0.2) is 5.16 Å². The Labute approximate surface area is 162 Å². The molecule has 1 fully saturated rings. The van der Waals surface area contributed by atoms with Crippen molar-refractivity contribution in [3.8, 4) is 0 Å². The van der Waals surface area contributed by atoms with E-state index in [1.165, 1.54) is 11.8 Å². The van der Waals surface area contributed by atoms with E-state index in [0.717, 1.165) is 0 Å². The molecule has 2 N–H and O–H groups in total. The summed E-state index contributed by atoms with van der Waals surface area (Å²) < 4.78 is 0. The van der Waals surface area contributed by atoms with Crippen molar-refractivity contribution in [3.63, 3.8) is 0 Å². The zero-order valence-corrected chi connectivity index (χ0v) is 17.5. The Bertz CT molecular complexity index is 743. The number of carbonyl (C=O) groups excluding carboxylic acids is 2. The molecule has 0 aromatic carbocycles. The molecule has 144 valence electrons. The van der Waals surface area contributed by atoms with Crippen molar-refractivity contribution in [1.29, 1.82) is 0 Å². The standard InChI is InChI=1S/C17H26N4O3S2/c1-10-11(14(23)19-16(18-10)25-5)6-7-13(22)21-9-26-8-12(21)15(24)20-17(2,3)4/h12H,6-9H2,1-5H3,(H,20,24)(H,18,19,23). The second-order valence-corrected chi connectivity index (χ2v) is 9.05. The van der Waals surface area contributed by atoms with Crippen LogP contribution in [0, 0.1) is 6.92 Å². The van der Waals surface area contributed by atoms with Crippen molar-refractivity contribution in [2.75, 3.05) is 17.9 Å². The minimum Gasteiger partial charge on any atom is -0.350 e. The van der Waals surface area contributed by atoms with Crippen molar-refractivity contribution < 1.29 is 9.59 Å². The molecule has 0 saturated carbocycles. The Morgan fingerprint density at radius 2 is 2.12 bits per heavy atom. The van der Waals surface area contributed by atoms with Gasteiger partial charge >= 0.3 is 0 Å². The van der Waals surface area contributed by atoms with Crippen molar-refractivity contribution in [3.05, 3.63) is 21.6 Å². The van der Waals surface area contributed by atoms with Gasteiger partial charge in [0.05, 0.1) is 5.88 Å². The first-order chi connectivity index (χ1) is 12.1. The fourth-order valence-corrected chi connectivity index (χ4v) is 4.31. The predicted octanol–water partition coefficient (Wildman–Crippen LogP) is 1.55. The summed E-state index contributed by atoms with van der Waals surface area (Å²) in [5.74, 6) is 0.852. The quantitative estimate of drug-likeness (QED) is 0.577. The maximum Gasteiger partial charge on any atom is 0.254 e. The van der Waals surface area contributed by atoms with Gasteiger partial charge in [-0.2, -0.15) is 0 Å². The molecule has 0 bridgehead atoms. The van der Waals surface area contributed by atoms with E-state index in [-0.39, 0.29) is 29.3 Å². The number of nitrogens with zero attached hydrogens (tertiary/aromatic N) is 2. The third-order valence-corrected chi connectivity index (χ3v) is 5.58. The molecule has 1 saturated heterocycles. The van der Waals surface area contributed by atoms with E-state index in [9.17, 15) is 14.4 Å². The Kier molecular flexibility index (Phi) is 6.79. The molecular formula is C17H26N4O3S2. The van der Waals surface area contributed by atoms with Gasteiger partial charge in [-0.05, 0) is 40.4 Å². The third-order valence-electron chi connectivity index (χ3n) is 3.99. The van der Waals surface area contributed by atoms with E-state index in [4.69, 9.17) is 0 Å². The summed E-state index contributed by atoms with van der Waals surface area (Å²) in [7, 11) is 0. The summed E-state index contributed by atoms with van der Waals surface area (Å²) in [6, 6.07) is -0.455. The van der Waals surface area contributed by atoms with E-state index in [0.29, 0.717) is 34.5 Å². The molecule has 1 aromatic rings. The van der Waals surface area contributed by atoms with Crippen molar-refractivity contribution >= 4 is 35.3 Å². The van der Waals surface area contributed by atoms with Gasteiger partial charge < -0.3 is 15.2 Å². The molecule has 9 heteroatoms. The van der Waals surface area contributed by atoms with E-state index >= 15 is 0 Å². The fourth-order valence-electron chi connectivity index (χ4n) is 2.71. The van der Waals surface area contributed by atoms with Crippen molar-refractivity contribution in [2.24, 2.45) is 0 Å². The number of aryl methyl sites for hydroxylation is 1.